The van der Waals surface area contributed by atoms with Gasteiger partial charge in [0, 0.05) is 6.42 Å². The van der Waals surface area contributed by atoms with Crippen molar-refractivity contribution in [3.63, 3.8) is 0 Å². The molecule has 0 amide bonds. The summed E-state index contributed by atoms with van der Waals surface area (Å²) in [5.74, 6) is 0.154. The van der Waals surface area contributed by atoms with Crippen molar-refractivity contribution in [1.29, 1.82) is 0 Å². The molecule has 1 aromatic carbocycles. The Bertz CT molecular complexity index is 650. The van der Waals surface area contributed by atoms with Gasteiger partial charge in [0.25, 0.3) is 6.04 Å². The van der Waals surface area contributed by atoms with Crippen LogP contribution in [0.4, 0.5) is 15.8 Å². The molecule has 0 spiro atoms. The first kappa shape index (κ1) is 13.6. The third-order valence-corrected chi connectivity index (χ3v) is 3.86. The van der Waals surface area contributed by atoms with Crippen molar-refractivity contribution in [3.8, 4) is 0 Å². The van der Waals surface area contributed by atoms with E-state index >= 15 is 0 Å². The SMILES string of the molecule is Nc1cc(C2CC2)ccc1NC1=CC(F)=CCC1[N+](=O)O. The number of benzene rings is 1. The summed E-state index contributed by atoms with van der Waals surface area (Å²) >= 11 is 0. The summed E-state index contributed by atoms with van der Waals surface area (Å²) in [6.45, 7) is 0. The minimum absolute atomic E-state index is 0.102. The lowest BCUT2D eigenvalue weighted by molar-refractivity contribution is -0.809. The maximum absolute atomic E-state index is 13.4. The van der Waals surface area contributed by atoms with Crippen molar-refractivity contribution >= 4 is 11.4 Å². The Morgan fingerprint density at radius 1 is 1.38 bits per heavy atom. The molecule has 1 unspecified atom stereocenters. The van der Waals surface area contributed by atoms with E-state index in [1.54, 1.807) is 0 Å². The molecule has 1 atom stereocenters. The van der Waals surface area contributed by atoms with Gasteiger partial charge in [-0.25, -0.2) is 9.60 Å². The minimum atomic E-state index is -0.855. The summed E-state index contributed by atoms with van der Waals surface area (Å²) < 4.78 is 13.4. The standard InChI is InChI=1S/C15H17FN3O2/c16-11-4-6-15(19(20)21)14(8-11)18-13-5-3-10(7-12(13)17)9-1-2-9/h3-5,7-9,15,18H,1-2,6,17H2,(H,20,21)/q+1. The van der Waals surface area contributed by atoms with Gasteiger partial charge < -0.3 is 11.1 Å². The number of halogens is 1. The van der Waals surface area contributed by atoms with Gasteiger partial charge in [0.2, 0.25) is 4.92 Å². The predicted octanol–water partition coefficient (Wildman–Crippen LogP) is 3.24. The molecule has 0 aromatic heterocycles. The van der Waals surface area contributed by atoms with Crippen LogP contribution in [-0.4, -0.2) is 16.2 Å². The molecule has 110 valence electrons. The molecule has 4 N–H and O–H groups in total. The van der Waals surface area contributed by atoms with Gasteiger partial charge in [0.1, 0.15) is 5.83 Å². The Morgan fingerprint density at radius 2 is 2.14 bits per heavy atom. The second kappa shape index (κ2) is 5.20. The van der Waals surface area contributed by atoms with E-state index in [9.17, 15) is 9.30 Å². The molecule has 2 aliphatic rings. The zero-order valence-corrected chi connectivity index (χ0v) is 11.4. The predicted molar refractivity (Wildman–Crippen MR) is 77.5 cm³/mol. The van der Waals surface area contributed by atoms with Crippen LogP contribution in [0, 0.1) is 4.91 Å². The van der Waals surface area contributed by atoms with Gasteiger partial charge in [0.15, 0.2) is 0 Å². The van der Waals surface area contributed by atoms with Gasteiger partial charge in [-0.2, -0.15) is 0 Å². The third-order valence-electron chi connectivity index (χ3n) is 3.86. The van der Waals surface area contributed by atoms with Gasteiger partial charge in [-0.1, -0.05) is 6.07 Å². The van der Waals surface area contributed by atoms with Crippen LogP contribution >= 0.6 is 0 Å². The highest BCUT2D eigenvalue weighted by atomic mass is 19.1. The Balaban J connectivity index is 1.84. The molecule has 0 aliphatic heterocycles. The van der Waals surface area contributed by atoms with Crippen LogP contribution in [0.2, 0.25) is 0 Å². The maximum Gasteiger partial charge on any atom is 0.300 e. The fraction of sp³-hybridized carbons (Fsp3) is 0.333. The molecule has 1 saturated carbocycles. The summed E-state index contributed by atoms with van der Waals surface area (Å²) in [7, 11) is 0. The summed E-state index contributed by atoms with van der Waals surface area (Å²) in [4.78, 5) is 11.0. The molecule has 3 rings (SSSR count). The zero-order chi connectivity index (χ0) is 15.0. The number of nitrogen functional groups attached to an aromatic ring is 1. The highest BCUT2D eigenvalue weighted by Gasteiger charge is 2.33. The van der Waals surface area contributed by atoms with E-state index in [0.29, 0.717) is 23.0 Å². The molecule has 0 radical (unpaired) electrons. The van der Waals surface area contributed by atoms with Crippen LogP contribution < -0.4 is 11.1 Å². The van der Waals surface area contributed by atoms with E-state index in [1.165, 1.54) is 30.6 Å². The first-order chi connectivity index (χ1) is 10.0. The van der Waals surface area contributed by atoms with Gasteiger partial charge in [-0.05, 0) is 48.6 Å². The number of anilines is 2. The summed E-state index contributed by atoms with van der Waals surface area (Å²) in [6.07, 6.45) is 4.93. The van der Waals surface area contributed by atoms with E-state index < -0.39 is 11.9 Å². The molecule has 21 heavy (non-hydrogen) atoms. The number of allylic oxidation sites excluding steroid dienone is 2. The Kier molecular flexibility index (Phi) is 3.37. The average molecular weight is 290 g/mol. The molecule has 5 nitrogen and oxygen atoms in total. The second-order valence-corrected chi connectivity index (χ2v) is 5.49. The van der Waals surface area contributed by atoms with Crippen molar-refractivity contribution in [2.75, 3.05) is 11.1 Å². The topological polar surface area (TPSA) is 78.4 Å². The molecular weight excluding hydrogens is 273 g/mol. The van der Waals surface area contributed by atoms with Gasteiger partial charge >= 0.3 is 0 Å². The number of nitrogens with two attached hydrogens (primary N) is 1. The van der Waals surface area contributed by atoms with E-state index in [-0.39, 0.29) is 11.3 Å². The number of rotatable bonds is 4. The molecule has 0 bridgehead atoms. The number of nitrogens with one attached hydrogen (secondary N) is 1. The van der Waals surface area contributed by atoms with Gasteiger partial charge in [-0.15, -0.1) is 0 Å². The minimum Gasteiger partial charge on any atom is -0.397 e. The maximum atomic E-state index is 13.4. The van der Waals surface area contributed by atoms with Gasteiger partial charge in [-0.3, -0.25) is 0 Å². The van der Waals surface area contributed by atoms with Crippen molar-refractivity contribution in [3.05, 3.63) is 52.3 Å². The molecular formula is C15H17FN3O2+. The highest BCUT2D eigenvalue weighted by molar-refractivity contribution is 5.70. The molecule has 2 aliphatic carbocycles. The van der Waals surface area contributed by atoms with Crippen molar-refractivity contribution in [1.82, 2.24) is 0 Å². The summed E-state index contributed by atoms with van der Waals surface area (Å²) in [5, 5.41) is 12.1. The van der Waals surface area contributed by atoms with E-state index in [0.717, 1.165) is 0 Å². The lowest BCUT2D eigenvalue weighted by Crippen LogP contribution is -2.29. The van der Waals surface area contributed by atoms with Crippen LogP contribution in [0.5, 0.6) is 0 Å². The number of nitrogens with zero attached hydrogens (tertiary/aromatic N) is 1. The molecule has 6 heteroatoms. The first-order valence-corrected chi connectivity index (χ1v) is 6.93. The van der Waals surface area contributed by atoms with Crippen molar-refractivity contribution in [2.45, 2.75) is 31.2 Å². The molecule has 0 saturated heterocycles. The fourth-order valence-electron chi connectivity index (χ4n) is 2.50. The summed E-state index contributed by atoms with van der Waals surface area (Å²) in [6, 6.07) is 4.85. The monoisotopic (exact) mass is 290 g/mol. The van der Waals surface area contributed by atoms with Crippen molar-refractivity contribution in [2.24, 2.45) is 0 Å². The van der Waals surface area contributed by atoms with Crippen LogP contribution in [0.15, 0.2) is 41.9 Å². The Labute approximate surface area is 121 Å². The molecule has 1 fully saturated rings. The largest absolute Gasteiger partial charge is 0.397 e. The molecule has 1 aromatic rings. The quantitative estimate of drug-likeness (QED) is 0.587. The Hall–Kier alpha value is -2.37. The lowest BCUT2D eigenvalue weighted by atomic mass is 10.0. The second-order valence-electron chi connectivity index (χ2n) is 5.49. The van der Waals surface area contributed by atoms with Crippen LogP contribution in [0.1, 0.15) is 30.7 Å². The fourth-order valence-corrected chi connectivity index (χ4v) is 2.50. The molecule has 0 heterocycles. The average Bonchev–Trinajstić information content (AvgIpc) is 3.25. The van der Waals surface area contributed by atoms with Gasteiger partial charge in [0.05, 0.1) is 22.0 Å². The van der Waals surface area contributed by atoms with E-state index in [4.69, 9.17) is 10.9 Å². The number of hydrogen-bond acceptors (Lipinski definition) is 3. The summed E-state index contributed by atoms with van der Waals surface area (Å²) in [5.41, 5.74) is 8.65. The smallest absolute Gasteiger partial charge is 0.300 e. The normalized spacial score (nSPS) is 21.5. The third kappa shape index (κ3) is 2.89. The van der Waals surface area contributed by atoms with Crippen LogP contribution in [0.25, 0.3) is 0 Å². The van der Waals surface area contributed by atoms with Crippen LogP contribution in [-0.2, 0) is 0 Å². The highest BCUT2D eigenvalue weighted by Crippen LogP contribution is 2.41. The lowest BCUT2D eigenvalue weighted by Gasteiger charge is -2.16. The van der Waals surface area contributed by atoms with E-state index in [2.05, 4.69) is 5.32 Å². The first-order valence-electron chi connectivity index (χ1n) is 6.93. The number of hydrogen-bond donors (Lipinski definition) is 3. The van der Waals surface area contributed by atoms with Crippen molar-refractivity contribution < 1.29 is 14.5 Å². The Morgan fingerprint density at radius 3 is 2.76 bits per heavy atom. The van der Waals surface area contributed by atoms with Crippen LogP contribution in [0.3, 0.4) is 0 Å². The van der Waals surface area contributed by atoms with E-state index in [1.807, 2.05) is 18.2 Å². The zero-order valence-electron chi connectivity index (χ0n) is 11.4.